The lowest BCUT2D eigenvalue weighted by Crippen LogP contribution is -2.18. The standard InChI is InChI=1S/C18H14BrN3O/c19-14-2-1-12-6-8-22(17(12)10-14)11-18(23)21-15-3-4-16-13(9-15)5-7-20-16/h1-10,20H,11H2,(H,21,23). The van der Waals surface area contributed by atoms with Crippen LogP contribution in [-0.2, 0) is 11.3 Å². The Labute approximate surface area is 141 Å². The molecule has 4 rings (SSSR count). The van der Waals surface area contributed by atoms with E-state index in [-0.39, 0.29) is 12.5 Å². The van der Waals surface area contributed by atoms with Crippen molar-refractivity contribution in [3.05, 3.63) is 65.4 Å². The fourth-order valence-electron chi connectivity index (χ4n) is 2.78. The number of aromatic nitrogens is 2. The summed E-state index contributed by atoms with van der Waals surface area (Å²) in [5, 5.41) is 5.16. The van der Waals surface area contributed by atoms with Crippen molar-refractivity contribution in [1.29, 1.82) is 0 Å². The van der Waals surface area contributed by atoms with E-state index in [0.29, 0.717) is 0 Å². The Balaban J connectivity index is 1.55. The fraction of sp³-hybridized carbons (Fsp3) is 0.0556. The molecule has 4 aromatic rings. The molecule has 2 N–H and O–H groups in total. The molecule has 23 heavy (non-hydrogen) atoms. The number of carbonyl (C=O) groups excluding carboxylic acids is 1. The Bertz CT molecular complexity index is 1020. The van der Waals surface area contributed by atoms with E-state index in [2.05, 4.69) is 26.2 Å². The van der Waals surface area contributed by atoms with Crippen molar-refractivity contribution < 1.29 is 4.79 Å². The largest absolute Gasteiger partial charge is 0.361 e. The number of rotatable bonds is 3. The van der Waals surface area contributed by atoms with E-state index in [1.54, 1.807) is 0 Å². The SMILES string of the molecule is O=C(Cn1ccc2ccc(Br)cc21)Nc1ccc2[nH]ccc2c1. The topological polar surface area (TPSA) is 49.8 Å². The van der Waals surface area contributed by atoms with Crippen molar-refractivity contribution in [2.24, 2.45) is 0 Å². The number of nitrogens with one attached hydrogen (secondary N) is 2. The molecule has 0 radical (unpaired) electrons. The van der Waals surface area contributed by atoms with Gasteiger partial charge in [-0.15, -0.1) is 0 Å². The molecule has 0 bridgehead atoms. The normalized spacial score (nSPS) is 11.2. The van der Waals surface area contributed by atoms with Crippen molar-refractivity contribution in [3.8, 4) is 0 Å². The first-order chi connectivity index (χ1) is 11.2. The van der Waals surface area contributed by atoms with Crippen LogP contribution in [0.3, 0.4) is 0 Å². The molecule has 0 atom stereocenters. The lowest BCUT2D eigenvalue weighted by molar-refractivity contribution is -0.116. The molecule has 0 fully saturated rings. The first kappa shape index (κ1) is 14.1. The van der Waals surface area contributed by atoms with Crippen LogP contribution in [0.25, 0.3) is 21.8 Å². The molecule has 0 aliphatic carbocycles. The van der Waals surface area contributed by atoms with Gasteiger partial charge in [-0.3, -0.25) is 4.79 Å². The molecule has 0 saturated heterocycles. The third-order valence-corrected chi connectivity index (χ3v) is 4.38. The van der Waals surface area contributed by atoms with Crippen molar-refractivity contribution in [1.82, 2.24) is 9.55 Å². The molecule has 0 saturated carbocycles. The second kappa shape index (κ2) is 5.59. The van der Waals surface area contributed by atoms with Gasteiger partial charge in [0.2, 0.25) is 5.91 Å². The summed E-state index contributed by atoms with van der Waals surface area (Å²) in [5.41, 5.74) is 2.90. The zero-order chi connectivity index (χ0) is 15.8. The lowest BCUT2D eigenvalue weighted by atomic mass is 10.2. The average molecular weight is 368 g/mol. The number of fused-ring (bicyclic) bond motifs is 2. The maximum absolute atomic E-state index is 12.3. The van der Waals surface area contributed by atoms with Crippen LogP contribution in [0.2, 0.25) is 0 Å². The maximum Gasteiger partial charge on any atom is 0.244 e. The molecule has 0 aliphatic heterocycles. The van der Waals surface area contributed by atoms with Crippen LogP contribution >= 0.6 is 15.9 Å². The summed E-state index contributed by atoms with van der Waals surface area (Å²) in [6.45, 7) is 0.283. The minimum atomic E-state index is -0.0441. The first-order valence-corrected chi connectivity index (χ1v) is 8.10. The molecular weight excluding hydrogens is 354 g/mol. The number of hydrogen-bond acceptors (Lipinski definition) is 1. The van der Waals surface area contributed by atoms with Gasteiger partial charge in [0.05, 0.1) is 0 Å². The Kier molecular flexibility index (Phi) is 3.42. The van der Waals surface area contributed by atoms with Gasteiger partial charge in [0.1, 0.15) is 6.54 Å². The average Bonchev–Trinajstić information content (AvgIpc) is 3.14. The molecule has 114 valence electrons. The van der Waals surface area contributed by atoms with Crippen LogP contribution in [-0.4, -0.2) is 15.5 Å². The zero-order valence-corrected chi connectivity index (χ0v) is 13.8. The zero-order valence-electron chi connectivity index (χ0n) is 12.2. The number of benzene rings is 2. The predicted octanol–water partition coefficient (Wildman–Crippen LogP) is 4.52. The summed E-state index contributed by atoms with van der Waals surface area (Å²) in [5.74, 6) is -0.0441. The van der Waals surface area contributed by atoms with Crippen LogP contribution in [0.5, 0.6) is 0 Å². The lowest BCUT2D eigenvalue weighted by Gasteiger charge is -2.08. The predicted molar refractivity (Wildman–Crippen MR) is 96.6 cm³/mol. The quantitative estimate of drug-likeness (QED) is 0.549. The van der Waals surface area contributed by atoms with Crippen LogP contribution in [0.4, 0.5) is 5.69 Å². The smallest absolute Gasteiger partial charge is 0.244 e. The summed E-state index contributed by atoms with van der Waals surface area (Å²) in [6.07, 6.45) is 3.83. The van der Waals surface area contributed by atoms with Gasteiger partial charge < -0.3 is 14.9 Å². The number of H-pyrrole nitrogens is 1. The number of carbonyl (C=O) groups is 1. The van der Waals surface area contributed by atoms with Crippen molar-refractivity contribution >= 4 is 49.3 Å². The number of halogens is 1. The van der Waals surface area contributed by atoms with E-state index in [1.165, 1.54) is 0 Å². The van der Waals surface area contributed by atoms with Crippen LogP contribution in [0.15, 0.2) is 65.4 Å². The third-order valence-electron chi connectivity index (χ3n) is 3.89. The van der Waals surface area contributed by atoms with Gasteiger partial charge in [-0.2, -0.15) is 0 Å². The minimum absolute atomic E-state index is 0.0441. The Morgan fingerprint density at radius 2 is 2.00 bits per heavy atom. The number of aromatic amines is 1. The second-order valence-corrected chi connectivity index (χ2v) is 6.39. The monoisotopic (exact) mass is 367 g/mol. The highest BCUT2D eigenvalue weighted by molar-refractivity contribution is 9.10. The molecule has 2 aromatic carbocycles. The van der Waals surface area contributed by atoms with E-state index in [0.717, 1.165) is 32.0 Å². The Hall–Kier alpha value is -2.53. The first-order valence-electron chi connectivity index (χ1n) is 7.30. The van der Waals surface area contributed by atoms with Gasteiger partial charge in [0, 0.05) is 39.0 Å². The summed E-state index contributed by atoms with van der Waals surface area (Å²) in [4.78, 5) is 15.5. The highest BCUT2D eigenvalue weighted by atomic mass is 79.9. The number of anilines is 1. The molecule has 0 spiro atoms. The summed E-state index contributed by atoms with van der Waals surface area (Å²) >= 11 is 3.47. The summed E-state index contributed by atoms with van der Waals surface area (Å²) in [6, 6.07) is 15.9. The summed E-state index contributed by atoms with van der Waals surface area (Å²) in [7, 11) is 0. The van der Waals surface area contributed by atoms with Crippen LogP contribution in [0, 0.1) is 0 Å². The van der Waals surface area contributed by atoms with Gasteiger partial charge in [-0.1, -0.05) is 22.0 Å². The molecule has 1 amide bonds. The molecule has 2 aromatic heterocycles. The van der Waals surface area contributed by atoms with Gasteiger partial charge in [-0.25, -0.2) is 0 Å². The minimum Gasteiger partial charge on any atom is -0.361 e. The second-order valence-electron chi connectivity index (χ2n) is 5.47. The molecule has 0 unspecified atom stereocenters. The van der Waals surface area contributed by atoms with Crippen molar-refractivity contribution in [3.63, 3.8) is 0 Å². The number of nitrogens with zero attached hydrogens (tertiary/aromatic N) is 1. The summed E-state index contributed by atoms with van der Waals surface area (Å²) < 4.78 is 2.95. The fourth-order valence-corrected chi connectivity index (χ4v) is 3.13. The molecular formula is C18H14BrN3O. The molecule has 0 aliphatic rings. The highest BCUT2D eigenvalue weighted by Crippen LogP contribution is 2.21. The Morgan fingerprint density at radius 3 is 2.91 bits per heavy atom. The van der Waals surface area contributed by atoms with Gasteiger partial charge in [0.15, 0.2) is 0 Å². The van der Waals surface area contributed by atoms with Gasteiger partial charge in [-0.05, 0) is 47.9 Å². The third kappa shape index (κ3) is 2.75. The number of hydrogen-bond donors (Lipinski definition) is 2. The molecule has 4 nitrogen and oxygen atoms in total. The van der Waals surface area contributed by atoms with Crippen LogP contribution in [0.1, 0.15) is 0 Å². The highest BCUT2D eigenvalue weighted by Gasteiger charge is 2.08. The Morgan fingerprint density at radius 1 is 1.09 bits per heavy atom. The van der Waals surface area contributed by atoms with E-state index in [4.69, 9.17) is 0 Å². The van der Waals surface area contributed by atoms with Gasteiger partial charge in [0.25, 0.3) is 0 Å². The number of amides is 1. The van der Waals surface area contributed by atoms with Crippen molar-refractivity contribution in [2.45, 2.75) is 6.54 Å². The van der Waals surface area contributed by atoms with E-state index < -0.39 is 0 Å². The van der Waals surface area contributed by atoms with Gasteiger partial charge >= 0.3 is 0 Å². The molecule has 5 heteroatoms. The van der Waals surface area contributed by atoms with E-state index >= 15 is 0 Å². The van der Waals surface area contributed by atoms with Crippen molar-refractivity contribution in [2.75, 3.05) is 5.32 Å². The maximum atomic E-state index is 12.3. The molecule has 2 heterocycles. The van der Waals surface area contributed by atoms with Crippen LogP contribution < -0.4 is 5.32 Å². The van der Waals surface area contributed by atoms with E-state index in [1.807, 2.05) is 65.5 Å². The van der Waals surface area contributed by atoms with E-state index in [9.17, 15) is 4.79 Å².